The Morgan fingerprint density at radius 3 is 2.65 bits per heavy atom. The van der Waals surface area contributed by atoms with Gasteiger partial charge in [-0.1, -0.05) is 23.2 Å². The lowest BCUT2D eigenvalue weighted by atomic mass is 10.2. The van der Waals surface area contributed by atoms with Gasteiger partial charge in [-0.15, -0.1) is 0 Å². The van der Waals surface area contributed by atoms with Crippen molar-refractivity contribution in [3.05, 3.63) is 56.1 Å². The summed E-state index contributed by atoms with van der Waals surface area (Å²) in [6.45, 7) is 0.273. The molecule has 1 N–H and O–H groups in total. The molecule has 0 aliphatic carbocycles. The molecule has 0 spiro atoms. The summed E-state index contributed by atoms with van der Waals surface area (Å²) in [5.74, 6) is -0.660. The van der Waals surface area contributed by atoms with Gasteiger partial charge in [0.15, 0.2) is 0 Å². The highest BCUT2D eigenvalue weighted by Crippen LogP contribution is 2.28. The van der Waals surface area contributed by atoms with Crippen molar-refractivity contribution in [3.63, 3.8) is 0 Å². The van der Waals surface area contributed by atoms with Crippen LogP contribution in [0, 0.1) is 15.9 Å². The smallest absolute Gasteiger partial charge is 0.295 e. The first-order chi connectivity index (χ1) is 9.40. The first kappa shape index (κ1) is 14.6. The molecule has 0 aliphatic rings. The van der Waals surface area contributed by atoms with Crippen LogP contribution in [-0.2, 0) is 13.6 Å². The fourth-order valence-electron chi connectivity index (χ4n) is 1.75. The first-order valence-corrected chi connectivity index (χ1v) is 6.33. The quantitative estimate of drug-likeness (QED) is 0.685. The summed E-state index contributed by atoms with van der Waals surface area (Å²) in [4.78, 5) is 10.2. The van der Waals surface area contributed by atoms with Crippen molar-refractivity contribution in [2.24, 2.45) is 7.05 Å². The summed E-state index contributed by atoms with van der Waals surface area (Å²) in [5, 5.41) is 14.5. The summed E-state index contributed by atoms with van der Waals surface area (Å²) in [6, 6.07) is 5.00. The van der Waals surface area contributed by atoms with Crippen LogP contribution in [-0.4, -0.2) is 9.49 Å². The molecule has 20 heavy (non-hydrogen) atoms. The van der Waals surface area contributed by atoms with E-state index in [1.54, 1.807) is 17.7 Å². The number of nitro groups is 1. The Bertz CT molecular complexity index is 673. The fraction of sp³-hybridized carbons (Fsp3) is 0.167. The molecule has 1 aromatic carbocycles. The maximum Gasteiger partial charge on any atom is 0.295 e. The van der Waals surface area contributed by atoms with Gasteiger partial charge in [0.25, 0.3) is 5.69 Å². The van der Waals surface area contributed by atoms with Crippen molar-refractivity contribution in [1.29, 1.82) is 0 Å². The van der Waals surface area contributed by atoms with Crippen molar-refractivity contribution in [2.75, 3.05) is 5.32 Å². The zero-order valence-electron chi connectivity index (χ0n) is 10.4. The van der Waals surface area contributed by atoms with Crippen molar-refractivity contribution >= 4 is 34.6 Å². The Morgan fingerprint density at radius 1 is 1.40 bits per heavy atom. The van der Waals surface area contributed by atoms with Crippen molar-refractivity contribution < 1.29 is 9.31 Å². The number of anilines is 1. The van der Waals surface area contributed by atoms with Gasteiger partial charge in [0.1, 0.15) is 16.7 Å². The largest absolute Gasteiger partial charge is 0.374 e. The summed E-state index contributed by atoms with van der Waals surface area (Å²) >= 11 is 11.8. The van der Waals surface area contributed by atoms with Crippen LogP contribution < -0.4 is 5.32 Å². The molecule has 0 bridgehead atoms. The maximum atomic E-state index is 13.0. The summed E-state index contributed by atoms with van der Waals surface area (Å²) < 4.78 is 14.7. The molecule has 0 atom stereocenters. The Balaban J connectivity index is 2.23. The minimum absolute atomic E-state index is 0.227. The van der Waals surface area contributed by atoms with Crippen molar-refractivity contribution in [1.82, 2.24) is 4.57 Å². The average molecular weight is 318 g/mol. The highest BCUT2D eigenvalue weighted by molar-refractivity contribution is 6.41. The molecular weight excluding hydrogens is 308 g/mol. The third kappa shape index (κ3) is 2.86. The van der Waals surface area contributed by atoms with E-state index in [4.69, 9.17) is 23.2 Å². The lowest BCUT2D eigenvalue weighted by Gasteiger charge is -2.08. The van der Waals surface area contributed by atoms with Crippen LogP contribution in [0.15, 0.2) is 24.3 Å². The van der Waals surface area contributed by atoms with Crippen molar-refractivity contribution in [3.8, 4) is 0 Å². The summed E-state index contributed by atoms with van der Waals surface area (Å²) in [6.07, 6.45) is 0. The van der Waals surface area contributed by atoms with E-state index in [0.29, 0.717) is 10.2 Å². The number of rotatable bonds is 4. The molecule has 1 aromatic heterocycles. The van der Waals surface area contributed by atoms with Gasteiger partial charge in [-0.3, -0.25) is 10.1 Å². The third-order valence-electron chi connectivity index (χ3n) is 2.83. The minimum Gasteiger partial charge on any atom is -0.374 e. The van der Waals surface area contributed by atoms with Crippen LogP contribution in [0.1, 0.15) is 5.69 Å². The Hall–Kier alpha value is -1.79. The topological polar surface area (TPSA) is 60.1 Å². The molecule has 2 rings (SSSR count). The normalized spacial score (nSPS) is 10.6. The third-order valence-corrected chi connectivity index (χ3v) is 3.67. The molecule has 0 saturated carbocycles. The van der Waals surface area contributed by atoms with E-state index in [1.165, 1.54) is 6.07 Å². The molecule has 0 fully saturated rings. The van der Waals surface area contributed by atoms with Gasteiger partial charge in [0, 0.05) is 12.7 Å². The molecule has 0 unspecified atom stereocenters. The predicted molar refractivity (Wildman–Crippen MR) is 75.8 cm³/mol. The zero-order valence-corrected chi connectivity index (χ0v) is 11.9. The van der Waals surface area contributed by atoms with E-state index in [0.717, 1.165) is 17.8 Å². The zero-order chi connectivity index (χ0) is 14.9. The highest BCUT2D eigenvalue weighted by atomic mass is 35.5. The molecule has 0 saturated heterocycles. The van der Waals surface area contributed by atoms with E-state index in [2.05, 4.69) is 5.32 Å². The first-order valence-electron chi connectivity index (χ1n) is 5.57. The summed E-state index contributed by atoms with van der Waals surface area (Å²) in [5.41, 5.74) is 0.653. The molecule has 8 heteroatoms. The fourth-order valence-corrected chi connectivity index (χ4v) is 2.17. The molecular formula is C12H10Cl2FN3O2. The Labute approximate surface area is 124 Å². The van der Waals surface area contributed by atoms with Gasteiger partial charge >= 0.3 is 0 Å². The minimum atomic E-state index is -0.660. The van der Waals surface area contributed by atoms with Crippen LogP contribution in [0.25, 0.3) is 0 Å². The van der Waals surface area contributed by atoms with Gasteiger partial charge in [-0.2, -0.15) is 0 Å². The Morgan fingerprint density at radius 2 is 2.10 bits per heavy atom. The van der Waals surface area contributed by atoms with Crippen LogP contribution in [0.4, 0.5) is 15.8 Å². The van der Waals surface area contributed by atoms with E-state index in [1.807, 2.05) is 0 Å². The van der Waals surface area contributed by atoms with Crippen LogP contribution in [0.5, 0.6) is 0 Å². The van der Waals surface area contributed by atoms with E-state index in [-0.39, 0.29) is 17.9 Å². The number of benzene rings is 1. The van der Waals surface area contributed by atoms with Gasteiger partial charge in [-0.05, 0) is 18.2 Å². The van der Waals surface area contributed by atoms with Crippen LogP contribution in [0.3, 0.4) is 0 Å². The van der Waals surface area contributed by atoms with Gasteiger partial charge in [0.2, 0.25) is 0 Å². The average Bonchev–Trinajstić information content (AvgIpc) is 2.64. The molecule has 0 radical (unpaired) electrons. The molecule has 1 heterocycles. The number of aromatic nitrogens is 1. The van der Waals surface area contributed by atoms with Gasteiger partial charge < -0.3 is 9.88 Å². The second-order valence-electron chi connectivity index (χ2n) is 4.11. The number of hydrogen-bond acceptors (Lipinski definition) is 3. The van der Waals surface area contributed by atoms with E-state index < -0.39 is 10.7 Å². The van der Waals surface area contributed by atoms with Gasteiger partial charge in [0.05, 0.1) is 22.6 Å². The van der Waals surface area contributed by atoms with Crippen LogP contribution in [0.2, 0.25) is 10.2 Å². The number of nitrogens with one attached hydrogen (secondary N) is 1. The molecule has 0 aliphatic heterocycles. The molecule has 0 amide bonds. The molecule has 2 aromatic rings. The number of halogens is 3. The highest BCUT2D eigenvalue weighted by Gasteiger charge is 2.15. The van der Waals surface area contributed by atoms with E-state index >= 15 is 0 Å². The molecule has 5 nitrogen and oxygen atoms in total. The SMILES string of the molecule is Cn1c(CNc2ccc(F)cc2[N+](=O)[O-])cc(Cl)c1Cl. The van der Waals surface area contributed by atoms with Crippen LogP contribution >= 0.6 is 23.2 Å². The second kappa shape index (κ2) is 5.68. The monoisotopic (exact) mass is 317 g/mol. The standard InChI is InChI=1S/C12H10Cl2FN3O2/c1-17-8(5-9(13)12(17)14)6-16-10-3-2-7(15)4-11(10)18(19)20/h2-5,16H,6H2,1H3. The predicted octanol–water partition coefficient (Wildman–Crippen LogP) is 3.99. The maximum absolute atomic E-state index is 13.0. The second-order valence-corrected chi connectivity index (χ2v) is 4.87. The number of hydrogen-bond donors (Lipinski definition) is 1. The van der Waals surface area contributed by atoms with Gasteiger partial charge in [-0.25, -0.2) is 4.39 Å². The number of nitrogens with zero attached hydrogens (tertiary/aromatic N) is 2. The Kier molecular flexibility index (Phi) is 4.15. The van der Waals surface area contributed by atoms with E-state index in [9.17, 15) is 14.5 Å². The summed E-state index contributed by atoms with van der Waals surface area (Å²) in [7, 11) is 1.73. The lowest BCUT2D eigenvalue weighted by Crippen LogP contribution is -2.06. The number of nitro benzene ring substituents is 1. The molecule has 106 valence electrons. The van der Waals surface area contributed by atoms with Crippen molar-refractivity contribution in [2.45, 2.75) is 6.54 Å². The lowest BCUT2D eigenvalue weighted by molar-refractivity contribution is -0.384.